The van der Waals surface area contributed by atoms with Crippen LogP contribution in [0.2, 0.25) is 0 Å². The molecule has 2 amide bonds. The molecule has 1 saturated heterocycles. The highest BCUT2D eigenvalue weighted by atomic mass is 79.9. The van der Waals surface area contributed by atoms with E-state index < -0.39 is 12.5 Å². The fourth-order valence-corrected chi connectivity index (χ4v) is 5.57. The highest BCUT2D eigenvalue weighted by Crippen LogP contribution is 2.60. The van der Waals surface area contributed by atoms with Crippen molar-refractivity contribution in [1.29, 1.82) is 0 Å². The van der Waals surface area contributed by atoms with Gasteiger partial charge in [-0.05, 0) is 18.3 Å². The van der Waals surface area contributed by atoms with Crippen LogP contribution >= 0.6 is 31.9 Å². The van der Waals surface area contributed by atoms with E-state index in [1.54, 1.807) is 0 Å². The molecule has 98 valence electrons. The van der Waals surface area contributed by atoms with E-state index in [0.717, 1.165) is 11.3 Å². The molecule has 0 aromatic rings. The zero-order valence-electron chi connectivity index (χ0n) is 9.21. The monoisotopic (exact) mass is 378 g/mol. The molecule has 18 heavy (non-hydrogen) atoms. The predicted octanol–water partition coefficient (Wildman–Crippen LogP) is -0.486. The van der Waals surface area contributed by atoms with E-state index >= 15 is 0 Å². The Morgan fingerprint density at radius 3 is 2.00 bits per heavy atom. The highest BCUT2D eigenvalue weighted by molar-refractivity contribution is 9.12. The molecule has 0 N–H and O–H groups in total. The number of carbonyl (C=O) groups excluding carboxylic acids is 3. The molecule has 0 aromatic carbocycles. The van der Waals surface area contributed by atoms with Crippen molar-refractivity contribution in [2.75, 3.05) is 6.54 Å². The Morgan fingerprint density at radius 2 is 1.61 bits per heavy atom. The Bertz CT molecular complexity index is 422. The summed E-state index contributed by atoms with van der Waals surface area (Å²) in [4.78, 5) is 36.1. The zero-order valence-corrected chi connectivity index (χ0v) is 12.4. The first-order chi connectivity index (χ1) is 8.43. The number of hydrogen-bond acceptors (Lipinski definition) is 4. The summed E-state index contributed by atoms with van der Waals surface area (Å²) in [5.41, 5.74) is 0. The molecular weight excluding hydrogens is 370 g/mol. The van der Waals surface area contributed by atoms with Gasteiger partial charge in [0.25, 0.3) is 0 Å². The fourth-order valence-electron chi connectivity index (χ4n) is 3.70. The van der Waals surface area contributed by atoms with Crippen molar-refractivity contribution in [1.82, 2.24) is 4.90 Å². The second kappa shape index (κ2) is 4.03. The summed E-state index contributed by atoms with van der Waals surface area (Å²) in [5.74, 6) is -2.54. The predicted molar refractivity (Wildman–Crippen MR) is 65.7 cm³/mol. The van der Waals surface area contributed by atoms with Crippen LogP contribution in [0.3, 0.4) is 0 Å². The number of fused-ring (bicyclic) bond motifs is 5. The van der Waals surface area contributed by atoms with Crippen molar-refractivity contribution in [3.05, 3.63) is 0 Å². The molecule has 3 rings (SSSR count). The largest absolute Gasteiger partial charge is 0.548 e. The van der Waals surface area contributed by atoms with E-state index in [2.05, 4.69) is 31.9 Å². The lowest BCUT2D eigenvalue weighted by molar-refractivity contribution is -0.305. The number of alkyl halides is 2. The fraction of sp³-hybridized carbons (Fsp3) is 0.727. The molecular formula is C11H10Br2NO4-. The van der Waals surface area contributed by atoms with Crippen molar-refractivity contribution in [3.63, 3.8) is 0 Å². The van der Waals surface area contributed by atoms with Crippen LogP contribution in [0, 0.1) is 23.7 Å². The van der Waals surface area contributed by atoms with Crippen molar-refractivity contribution in [3.8, 4) is 0 Å². The summed E-state index contributed by atoms with van der Waals surface area (Å²) in [6.45, 7) is -0.621. The average Bonchev–Trinajstić information content (AvgIpc) is 2.88. The maximum absolute atomic E-state index is 12.2. The number of carboxylic acids is 1. The normalized spacial score (nSPS) is 45.8. The van der Waals surface area contributed by atoms with Gasteiger partial charge in [-0.2, -0.15) is 0 Å². The van der Waals surface area contributed by atoms with Gasteiger partial charge in [-0.1, -0.05) is 31.9 Å². The summed E-state index contributed by atoms with van der Waals surface area (Å²) in [6, 6.07) is 0. The van der Waals surface area contributed by atoms with Crippen LogP contribution in [0.5, 0.6) is 0 Å². The number of halogens is 2. The molecule has 2 aliphatic carbocycles. The minimum absolute atomic E-state index is 0.118. The SMILES string of the molecule is O=C([O-])CN1C(=O)[C@@H]2[C@@H]3C[C@@H]([C@H](Br)[C@@H]3Br)[C@H]2C1=O. The van der Waals surface area contributed by atoms with Gasteiger partial charge in [0.2, 0.25) is 11.8 Å². The van der Waals surface area contributed by atoms with Crippen LogP contribution in [0.1, 0.15) is 6.42 Å². The van der Waals surface area contributed by atoms with Gasteiger partial charge in [0, 0.05) is 9.65 Å². The topological polar surface area (TPSA) is 77.5 Å². The standard InChI is InChI=1S/C11H11Br2NO4/c12-8-3-1-4(9(8)13)7-6(3)10(17)14(11(7)18)2-5(15)16/h3-4,6-9H,1-2H2,(H,15,16)/p-1/t3-,4+,6-,7-,8+,9-/m1/s1. The number of carboxylic acid groups (broad SMARTS) is 1. The van der Waals surface area contributed by atoms with Gasteiger partial charge < -0.3 is 9.90 Å². The third-order valence-corrected chi connectivity index (χ3v) is 7.57. The Morgan fingerprint density at radius 1 is 1.17 bits per heavy atom. The van der Waals surface area contributed by atoms with Gasteiger partial charge in [-0.15, -0.1) is 0 Å². The number of rotatable bonds is 2. The van der Waals surface area contributed by atoms with Crippen molar-refractivity contribution >= 4 is 49.6 Å². The molecule has 6 atom stereocenters. The molecule has 5 nitrogen and oxygen atoms in total. The van der Waals surface area contributed by atoms with Gasteiger partial charge in [-0.25, -0.2) is 0 Å². The number of aliphatic carboxylic acids is 1. The highest BCUT2D eigenvalue weighted by Gasteiger charge is 2.66. The Hall–Kier alpha value is -0.430. The van der Waals surface area contributed by atoms with E-state index in [1.165, 1.54) is 0 Å². The van der Waals surface area contributed by atoms with Crippen molar-refractivity contribution in [2.45, 2.75) is 16.1 Å². The lowest BCUT2D eigenvalue weighted by Gasteiger charge is -2.28. The molecule has 2 bridgehead atoms. The first-order valence-corrected chi connectivity index (χ1v) is 7.60. The molecule has 1 aliphatic heterocycles. The maximum Gasteiger partial charge on any atom is 0.233 e. The first kappa shape index (κ1) is 12.6. The van der Waals surface area contributed by atoms with Gasteiger partial charge >= 0.3 is 0 Å². The molecule has 3 fully saturated rings. The van der Waals surface area contributed by atoms with Gasteiger partial charge in [-0.3, -0.25) is 14.5 Å². The lowest BCUT2D eigenvalue weighted by atomic mass is 9.81. The number of likely N-dealkylation sites (tertiary alicyclic amines) is 1. The average molecular weight is 380 g/mol. The van der Waals surface area contributed by atoms with Crippen LogP contribution in [-0.4, -0.2) is 38.9 Å². The second-order valence-electron chi connectivity index (χ2n) is 5.14. The van der Waals surface area contributed by atoms with E-state index in [1.807, 2.05) is 0 Å². The molecule has 3 aliphatic rings. The molecule has 0 unspecified atom stereocenters. The molecule has 0 spiro atoms. The van der Waals surface area contributed by atoms with Crippen LogP contribution in [0.15, 0.2) is 0 Å². The summed E-state index contributed by atoms with van der Waals surface area (Å²) < 4.78 is 0. The Balaban J connectivity index is 1.92. The number of imide groups is 1. The van der Waals surface area contributed by atoms with Crippen LogP contribution < -0.4 is 5.11 Å². The number of amides is 2. The first-order valence-electron chi connectivity index (χ1n) is 5.76. The van der Waals surface area contributed by atoms with E-state index in [0.29, 0.717) is 0 Å². The maximum atomic E-state index is 12.2. The van der Waals surface area contributed by atoms with E-state index in [9.17, 15) is 19.5 Å². The summed E-state index contributed by atoms with van der Waals surface area (Å²) in [6.07, 6.45) is 0.845. The smallest absolute Gasteiger partial charge is 0.233 e. The van der Waals surface area contributed by atoms with Gasteiger partial charge in [0.05, 0.1) is 24.3 Å². The Kier molecular flexibility index (Phi) is 2.82. The zero-order chi connectivity index (χ0) is 13.2. The van der Waals surface area contributed by atoms with E-state index in [4.69, 9.17) is 0 Å². The summed E-state index contributed by atoms with van der Waals surface area (Å²) in [7, 11) is 0. The quantitative estimate of drug-likeness (QED) is 0.479. The van der Waals surface area contributed by atoms with Gasteiger partial charge in [0.15, 0.2) is 0 Å². The molecule has 7 heteroatoms. The summed E-state index contributed by atoms with van der Waals surface area (Å²) >= 11 is 7.12. The van der Waals surface area contributed by atoms with Crippen LogP contribution in [0.4, 0.5) is 0 Å². The minimum Gasteiger partial charge on any atom is -0.548 e. The third kappa shape index (κ3) is 1.46. The van der Waals surface area contributed by atoms with Crippen LogP contribution in [0.25, 0.3) is 0 Å². The summed E-state index contributed by atoms with van der Waals surface area (Å²) in [5, 5.41) is 10.6. The second-order valence-corrected chi connectivity index (χ2v) is 7.25. The number of nitrogens with zero attached hydrogens (tertiary/aromatic N) is 1. The lowest BCUT2D eigenvalue weighted by Crippen LogP contribution is -2.42. The molecule has 1 heterocycles. The third-order valence-electron chi connectivity index (χ3n) is 4.37. The van der Waals surface area contributed by atoms with Crippen molar-refractivity contribution < 1.29 is 19.5 Å². The number of carbonyl (C=O) groups is 3. The van der Waals surface area contributed by atoms with E-state index in [-0.39, 0.29) is 45.1 Å². The van der Waals surface area contributed by atoms with Crippen LogP contribution in [-0.2, 0) is 14.4 Å². The molecule has 2 saturated carbocycles. The van der Waals surface area contributed by atoms with Crippen molar-refractivity contribution in [2.24, 2.45) is 23.7 Å². The Labute approximate surface area is 120 Å². The molecule has 0 radical (unpaired) electrons. The minimum atomic E-state index is -1.39. The van der Waals surface area contributed by atoms with Gasteiger partial charge in [0.1, 0.15) is 0 Å². The number of hydrogen-bond donors (Lipinski definition) is 0. The molecule has 0 aromatic heterocycles.